The lowest BCUT2D eigenvalue weighted by atomic mass is 10.1. The monoisotopic (exact) mass is 327 g/mol. The highest BCUT2D eigenvalue weighted by Gasteiger charge is 2.10. The number of rotatable bonds is 6. The number of aromatic nitrogens is 2. The van der Waals surface area contributed by atoms with Crippen LogP contribution in [-0.2, 0) is 16.0 Å². The summed E-state index contributed by atoms with van der Waals surface area (Å²) in [5.41, 5.74) is 0.680. The first-order valence-corrected chi connectivity index (χ1v) is 7.55. The van der Waals surface area contributed by atoms with Crippen LogP contribution in [0.2, 0.25) is 0 Å². The summed E-state index contributed by atoms with van der Waals surface area (Å²) in [5.74, 6) is -1.72. The van der Waals surface area contributed by atoms with Crippen molar-refractivity contribution >= 4 is 40.1 Å². The zero-order valence-electron chi connectivity index (χ0n) is 10.6. The van der Waals surface area contributed by atoms with Crippen molar-refractivity contribution in [2.24, 2.45) is 0 Å². The number of hydrogen-bond donors (Lipinski definition) is 2. The summed E-state index contributed by atoms with van der Waals surface area (Å²) in [6, 6.07) is 5.63. The molecule has 0 aliphatic rings. The number of benzene rings is 1. The van der Waals surface area contributed by atoms with Gasteiger partial charge in [0.1, 0.15) is 5.82 Å². The molecule has 9 heteroatoms. The predicted molar refractivity (Wildman–Crippen MR) is 77.0 cm³/mol. The molecule has 0 spiro atoms. The molecule has 110 valence electrons. The maximum atomic E-state index is 12.7. The van der Waals surface area contributed by atoms with Crippen LogP contribution < -0.4 is 5.32 Å². The number of carbonyl (C=O) groups excluding carboxylic acids is 1. The van der Waals surface area contributed by atoms with Crippen LogP contribution in [0.15, 0.2) is 28.6 Å². The molecule has 0 atom stereocenters. The number of hydrogen-bond acceptors (Lipinski definition) is 6. The second-order valence-electron chi connectivity index (χ2n) is 3.91. The Hall–Kier alpha value is -2.00. The molecule has 0 bridgehead atoms. The first-order valence-electron chi connectivity index (χ1n) is 5.75. The smallest absolute Gasteiger partial charge is 0.313 e. The Balaban J connectivity index is 1.87. The van der Waals surface area contributed by atoms with Crippen molar-refractivity contribution < 1.29 is 19.1 Å². The van der Waals surface area contributed by atoms with Crippen molar-refractivity contribution in [1.82, 2.24) is 10.2 Å². The van der Waals surface area contributed by atoms with E-state index in [1.54, 1.807) is 0 Å². The fourth-order valence-corrected chi connectivity index (χ4v) is 2.88. The number of carboxylic acids is 1. The molecule has 0 saturated heterocycles. The molecule has 1 aromatic carbocycles. The Morgan fingerprint density at radius 2 is 2.00 bits per heavy atom. The topological polar surface area (TPSA) is 92.2 Å². The molecule has 0 fully saturated rings. The highest BCUT2D eigenvalue weighted by molar-refractivity contribution is 8.01. The molecule has 0 aliphatic heterocycles. The van der Waals surface area contributed by atoms with Crippen molar-refractivity contribution in [2.45, 2.75) is 10.8 Å². The average Bonchev–Trinajstić information content (AvgIpc) is 2.86. The van der Waals surface area contributed by atoms with E-state index in [-0.39, 0.29) is 23.9 Å². The van der Waals surface area contributed by atoms with Gasteiger partial charge in [-0.2, -0.15) is 0 Å². The first kappa shape index (κ1) is 15.4. The van der Waals surface area contributed by atoms with E-state index in [0.29, 0.717) is 15.0 Å². The van der Waals surface area contributed by atoms with Crippen LogP contribution in [-0.4, -0.2) is 32.9 Å². The van der Waals surface area contributed by atoms with Gasteiger partial charge in [-0.05, 0) is 17.7 Å². The van der Waals surface area contributed by atoms with Crippen LogP contribution in [0.4, 0.5) is 9.52 Å². The van der Waals surface area contributed by atoms with E-state index in [4.69, 9.17) is 5.11 Å². The van der Waals surface area contributed by atoms with Crippen molar-refractivity contribution in [1.29, 1.82) is 0 Å². The van der Waals surface area contributed by atoms with Gasteiger partial charge in [-0.25, -0.2) is 4.39 Å². The molecule has 0 aliphatic carbocycles. The molecule has 6 nitrogen and oxygen atoms in total. The van der Waals surface area contributed by atoms with Crippen molar-refractivity contribution in [2.75, 3.05) is 11.1 Å². The molecule has 1 aromatic heterocycles. The highest BCUT2D eigenvalue weighted by Crippen LogP contribution is 2.25. The fraction of sp³-hybridized carbons (Fsp3) is 0.167. The van der Waals surface area contributed by atoms with Gasteiger partial charge < -0.3 is 10.4 Å². The van der Waals surface area contributed by atoms with E-state index in [1.807, 2.05) is 0 Å². The van der Waals surface area contributed by atoms with Crippen molar-refractivity contribution in [3.8, 4) is 0 Å². The summed E-state index contributed by atoms with van der Waals surface area (Å²) >= 11 is 2.14. The van der Waals surface area contributed by atoms with Crippen LogP contribution in [0.3, 0.4) is 0 Å². The summed E-state index contributed by atoms with van der Waals surface area (Å²) in [4.78, 5) is 22.2. The standard InChI is InChI=1S/C12H10FN3O3S2/c13-8-3-1-7(2-4-8)5-9(17)14-11-15-16-12(21-11)20-6-10(18)19/h1-4H,5-6H2,(H,18,19)(H,14,15,17). The molecule has 21 heavy (non-hydrogen) atoms. The maximum Gasteiger partial charge on any atom is 0.313 e. The van der Waals surface area contributed by atoms with E-state index < -0.39 is 5.97 Å². The lowest BCUT2D eigenvalue weighted by Crippen LogP contribution is -2.14. The third kappa shape index (κ3) is 5.12. The average molecular weight is 327 g/mol. The molecule has 2 aromatic rings. The van der Waals surface area contributed by atoms with Crippen LogP contribution in [0.25, 0.3) is 0 Å². The summed E-state index contributed by atoms with van der Waals surface area (Å²) in [7, 11) is 0. The number of thioether (sulfide) groups is 1. The van der Waals surface area contributed by atoms with E-state index in [2.05, 4.69) is 15.5 Å². The van der Waals surface area contributed by atoms with E-state index >= 15 is 0 Å². The maximum absolute atomic E-state index is 12.7. The molecular formula is C12H10FN3O3S2. The van der Waals surface area contributed by atoms with Crippen molar-refractivity contribution in [3.63, 3.8) is 0 Å². The van der Waals surface area contributed by atoms with Crippen LogP contribution in [0.5, 0.6) is 0 Å². The largest absolute Gasteiger partial charge is 0.481 e. The predicted octanol–water partition coefficient (Wildman–Crippen LogP) is 2.04. The van der Waals surface area contributed by atoms with Crippen LogP contribution in [0, 0.1) is 5.82 Å². The Kier molecular flexibility index (Phi) is 5.23. The molecule has 1 heterocycles. The molecule has 1 amide bonds. The number of amides is 1. The Bertz CT molecular complexity index is 645. The third-order valence-electron chi connectivity index (χ3n) is 2.25. The SMILES string of the molecule is O=C(O)CSc1nnc(NC(=O)Cc2ccc(F)cc2)s1. The van der Waals surface area contributed by atoms with Gasteiger partial charge in [0.15, 0.2) is 4.34 Å². The number of nitrogens with one attached hydrogen (secondary N) is 1. The zero-order chi connectivity index (χ0) is 15.2. The van der Waals surface area contributed by atoms with E-state index in [1.165, 1.54) is 24.3 Å². The van der Waals surface area contributed by atoms with Crippen LogP contribution >= 0.6 is 23.1 Å². The highest BCUT2D eigenvalue weighted by atomic mass is 32.2. The number of nitrogens with zero attached hydrogens (tertiary/aromatic N) is 2. The zero-order valence-corrected chi connectivity index (χ0v) is 12.2. The van der Waals surface area contributed by atoms with E-state index in [9.17, 15) is 14.0 Å². The van der Waals surface area contributed by atoms with Gasteiger partial charge in [-0.1, -0.05) is 35.2 Å². The molecule has 2 rings (SSSR count). The van der Waals surface area contributed by atoms with Gasteiger partial charge in [-0.3, -0.25) is 9.59 Å². The third-order valence-corrected chi connectivity index (χ3v) is 4.21. The minimum absolute atomic E-state index is 0.0947. The minimum atomic E-state index is -0.947. The lowest BCUT2D eigenvalue weighted by molar-refractivity contribution is -0.133. The second kappa shape index (κ2) is 7.14. The Labute approximate surface area is 127 Å². The quantitative estimate of drug-likeness (QED) is 0.623. The molecule has 0 radical (unpaired) electrons. The second-order valence-corrected chi connectivity index (χ2v) is 6.11. The van der Waals surface area contributed by atoms with Gasteiger partial charge in [0.05, 0.1) is 12.2 Å². The first-order chi connectivity index (χ1) is 10.0. The molecule has 0 saturated carbocycles. The number of anilines is 1. The lowest BCUT2D eigenvalue weighted by Gasteiger charge is -2.01. The van der Waals surface area contributed by atoms with Crippen LogP contribution in [0.1, 0.15) is 5.56 Å². The number of carbonyl (C=O) groups is 2. The van der Waals surface area contributed by atoms with E-state index in [0.717, 1.165) is 23.1 Å². The summed E-state index contributed by atoms with van der Waals surface area (Å²) in [5, 5.41) is 18.9. The van der Waals surface area contributed by atoms with Gasteiger partial charge in [0, 0.05) is 0 Å². The fourth-order valence-electron chi connectivity index (χ4n) is 1.39. The number of halogens is 1. The Morgan fingerprint density at radius 1 is 1.29 bits per heavy atom. The van der Waals surface area contributed by atoms with Gasteiger partial charge in [0.25, 0.3) is 0 Å². The van der Waals surface area contributed by atoms with Gasteiger partial charge in [0.2, 0.25) is 11.0 Å². The van der Waals surface area contributed by atoms with Crippen molar-refractivity contribution in [3.05, 3.63) is 35.6 Å². The minimum Gasteiger partial charge on any atom is -0.481 e. The summed E-state index contributed by atoms with van der Waals surface area (Å²) in [6.45, 7) is 0. The normalized spacial score (nSPS) is 10.3. The summed E-state index contributed by atoms with van der Waals surface area (Å²) in [6.07, 6.45) is 0.0947. The van der Waals surface area contributed by atoms with Gasteiger partial charge in [-0.15, -0.1) is 10.2 Å². The number of aliphatic carboxylic acids is 1. The molecule has 2 N–H and O–H groups in total. The summed E-state index contributed by atoms with van der Waals surface area (Å²) < 4.78 is 13.2. The molecule has 0 unspecified atom stereocenters. The molecular weight excluding hydrogens is 317 g/mol. The van der Waals surface area contributed by atoms with Gasteiger partial charge >= 0.3 is 5.97 Å². The Morgan fingerprint density at radius 3 is 2.67 bits per heavy atom. The number of carboxylic acid groups (broad SMARTS) is 1.